The van der Waals surface area contributed by atoms with Crippen LogP contribution in [-0.4, -0.2) is 11.8 Å². The lowest BCUT2D eigenvalue weighted by Gasteiger charge is -2.20. The van der Waals surface area contributed by atoms with Crippen LogP contribution in [0.2, 0.25) is 0 Å². The van der Waals surface area contributed by atoms with Crippen molar-refractivity contribution < 1.29 is 9.59 Å². The summed E-state index contributed by atoms with van der Waals surface area (Å²) < 4.78 is 0. The van der Waals surface area contributed by atoms with Gasteiger partial charge in [0.25, 0.3) is 0 Å². The van der Waals surface area contributed by atoms with Crippen LogP contribution in [0, 0.1) is 11.8 Å². The van der Waals surface area contributed by atoms with Crippen molar-refractivity contribution in [2.45, 2.75) is 23.7 Å². The first-order valence-electron chi connectivity index (χ1n) is 12.5. The average molecular weight is 473 g/mol. The molecule has 2 N–H and O–H groups in total. The molecule has 4 aromatic rings. The molecule has 2 saturated carbocycles. The normalized spacial score (nSPS) is 20.7. The molecular weight excluding hydrogens is 444 g/mol. The fraction of sp³-hybridized carbons (Fsp3) is 0.188. The Hall–Kier alpha value is -4.18. The van der Waals surface area contributed by atoms with Crippen molar-refractivity contribution in [3.63, 3.8) is 0 Å². The van der Waals surface area contributed by atoms with E-state index in [9.17, 15) is 9.59 Å². The van der Waals surface area contributed by atoms with Gasteiger partial charge in [0.05, 0.1) is 11.8 Å². The second-order valence-electron chi connectivity index (χ2n) is 9.90. The minimum absolute atomic E-state index is 0.151. The van der Waals surface area contributed by atoms with Crippen LogP contribution in [0.3, 0.4) is 0 Å². The van der Waals surface area contributed by atoms with Gasteiger partial charge >= 0.3 is 0 Å². The van der Waals surface area contributed by atoms with Gasteiger partial charge in [-0.2, -0.15) is 0 Å². The molecule has 2 aliphatic rings. The predicted molar refractivity (Wildman–Crippen MR) is 140 cm³/mol. The minimum Gasteiger partial charge on any atom is -0.273 e. The molecule has 0 heterocycles. The third-order valence-corrected chi connectivity index (χ3v) is 8.02. The molecule has 2 fully saturated rings. The van der Waals surface area contributed by atoms with E-state index < -0.39 is 0 Å². The molecule has 0 saturated heterocycles. The molecule has 2 atom stereocenters. The fourth-order valence-electron chi connectivity index (χ4n) is 6.01. The van der Waals surface area contributed by atoms with E-state index in [4.69, 9.17) is 0 Å². The standard InChI is InChI=1S/C32H28N2O2/c35-29(27-21-31(27,23-13-5-1-6-14-23)24-15-7-2-8-16-24)33-34-30(36)28-22-32(28,25-17-9-3-10-18-25)26-19-11-4-12-20-26/h1-20,27-28H,21-22H2,(H,33,35)(H,34,36). The number of hydrazine groups is 1. The van der Waals surface area contributed by atoms with Gasteiger partial charge in [0.2, 0.25) is 11.8 Å². The largest absolute Gasteiger partial charge is 0.273 e. The lowest BCUT2D eigenvalue weighted by atomic mass is 9.85. The molecule has 4 aromatic carbocycles. The highest BCUT2D eigenvalue weighted by Crippen LogP contribution is 2.60. The number of nitrogens with one attached hydrogen (secondary N) is 2. The summed E-state index contributed by atoms with van der Waals surface area (Å²) >= 11 is 0. The summed E-state index contributed by atoms with van der Waals surface area (Å²) in [6.07, 6.45) is 1.42. The fourth-order valence-corrected chi connectivity index (χ4v) is 6.01. The van der Waals surface area contributed by atoms with Gasteiger partial charge in [-0.05, 0) is 35.1 Å². The van der Waals surface area contributed by atoms with Gasteiger partial charge in [0, 0.05) is 10.8 Å². The lowest BCUT2D eigenvalue weighted by Crippen LogP contribution is -2.45. The molecular formula is C32H28N2O2. The van der Waals surface area contributed by atoms with Gasteiger partial charge in [0.1, 0.15) is 0 Å². The lowest BCUT2D eigenvalue weighted by molar-refractivity contribution is -0.130. The number of amides is 2. The van der Waals surface area contributed by atoms with Crippen LogP contribution >= 0.6 is 0 Å². The highest BCUT2D eigenvalue weighted by atomic mass is 16.2. The maximum atomic E-state index is 13.3. The van der Waals surface area contributed by atoms with Crippen molar-refractivity contribution >= 4 is 11.8 Å². The Bertz CT molecular complexity index is 1180. The molecule has 178 valence electrons. The first-order valence-corrected chi connectivity index (χ1v) is 12.5. The van der Waals surface area contributed by atoms with Crippen LogP contribution in [0.5, 0.6) is 0 Å². The summed E-state index contributed by atoms with van der Waals surface area (Å²) in [7, 11) is 0. The Kier molecular flexibility index (Phi) is 5.45. The van der Waals surface area contributed by atoms with Gasteiger partial charge in [-0.1, -0.05) is 121 Å². The van der Waals surface area contributed by atoms with E-state index in [0.29, 0.717) is 12.8 Å². The summed E-state index contributed by atoms with van der Waals surface area (Å²) in [4.78, 5) is 26.6. The summed E-state index contributed by atoms with van der Waals surface area (Å²) in [5.41, 5.74) is 9.28. The average Bonchev–Trinajstić information content (AvgIpc) is 3.87. The minimum atomic E-state index is -0.366. The van der Waals surface area contributed by atoms with Crippen molar-refractivity contribution in [3.05, 3.63) is 144 Å². The maximum absolute atomic E-state index is 13.3. The Morgan fingerprint density at radius 3 is 0.972 bits per heavy atom. The van der Waals surface area contributed by atoms with Crippen LogP contribution in [0.25, 0.3) is 0 Å². The molecule has 2 amide bonds. The maximum Gasteiger partial charge on any atom is 0.242 e. The van der Waals surface area contributed by atoms with Gasteiger partial charge in [-0.15, -0.1) is 0 Å². The molecule has 36 heavy (non-hydrogen) atoms. The number of carbonyl (C=O) groups is 2. The summed E-state index contributed by atoms with van der Waals surface area (Å²) in [6.45, 7) is 0. The topological polar surface area (TPSA) is 58.2 Å². The van der Waals surface area contributed by atoms with E-state index in [1.54, 1.807) is 0 Å². The van der Waals surface area contributed by atoms with E-state index in [-0.39, 0.29) is 34.5 Å². The van der Waals surface area contributed by atoms with Crippen molar-refractivity contribution in [1.29, 1.82) is 0 Å². The molecule has 0 aliphatic heterocycles. The SMILES string of the molecule is O=C(NNC(=O)C1CC1(c1ccccc1)c1ccccc1)C1CC1(c1ccccc1)c1ccccc1. The smallest absolute Gasteiger partial charge is 0.242 e. The van der Waals surface area contributed by atoms with E-state index in [0.717, 1.165) is 22.3 Å². The first kappa shape index (κ1) is 22.3. The number of rotatable bonds is 6. The summed E-state index contributed by atoms with van der Waals surface area (Å²) in [5, 5.41) is 0. The quantitative estimate of drug-likeness (QED) is 0.382. The Balaban J connectivity index is 1.19. The molecule has 4 nitrogen and oxygen atoms in total. The highest BCUT2D eigenvalue weighted by molar-refractivity contribution is 5.91. The predicted octanol–water partition coefficient (Wildman–Crippen LogP) is 5.15. The van der Waals surface area contributed by atoms with E-state index in [1.165, 1.54) is 0 Å². The number of hydrogen-bond donors (Lipinski definition) is 2. The van der Waals surface area contributed by atoms with E-state index in [2.05, 4.69) is 59.4 Å². The Labute approximate surface area is 211 Å². The van der Waals surface area contributed by atoms with Gasteiger partial charge in [-0.25, -0.2) is 0 Å². The summed E-state index contributed by atoms with van der Waals surface area (Å²) in [6, 6.07) is 40.7. The number of carbonyl (C=O) groups excluding carboxylic acids is 2. The van der Waals surface area contributed by atoms with E-state index in [1.807, 2.05) is 72.8 Å². The third kappa shape index (κ3) is 3.61. The van der Waals surface area contributed by atoms with Crippen LogP contribution in [-0.2, 0) is 20.4 Å². The molecule has 2 unspecified atom stereocenters. The van der Waals surface area contributed by atoms with Crippen LogP contribution in [0.1, 0.15) is 35.1 Å². The zero-order chi connectivity index (χ0) is 24.6. The highest BCUT2D eigenvalue weighted by Gasteiger charge is 2.62. The molecule has 0 aromatic heterocycles. The second kappa shape index (κ2) is 8.80. The monoisotopic (exact) mass is 472 g/mol. The molecule has 2 aliphatic carbocycles. The van der Waals surface area contributed by atoms with Crippen LogP contribution in [0.15, 0.2) is 121 Å². The van der Waals surface area contributed by atoms with Crippen molar-refractivity contribution in [3.8, 4) is 0 Å². The number of hydrogen-bond acceptors (Lipinski definition) is 2. The van der Waals surface area contributed by atoms with Gasteiger partial charge in [0.15, 0.2) is 0 Å². The van der Waals surface area contributed by atoms with Crippen molar-refractivity contribution in [1.82, 2.24) is 10.9 Å². The van der Waals surface area contributed by atoms with Gasteiger partial charge < -0.3 is 0 Å². The van der Waals surface area contributed by atoms with Crippen molar-refractivity contribution in [2.75, 3.05) is 0 Å². The van der Waals surface area contributed by atoms with Crippen LogP contribution < -0.4 is 10.9 Å². The molecule has 0 bridgehead atoms. The van der Waals surface area contributed by atoms with Crippen LogP contribution in [0.4, 0.5) is 0 Å². The molecule has 6 rings (SSSR count). The van der Waals surface area contributed by atoms with E-state index >= 15 is 0 Å². The Morgan fingerprint density at radius 1 is 0.472 bits per heavy atom. The molecule has 0 spiro atoms. The zero-order valence-electron chi connectivity index (χ0n) is 19.9. The first-order chi connectivity index (χ1) is 17.7. The van der Waals surface area contributed by atoms with Crippen molar-refractivity contribution in [2.24, 2.45) is 11.8 Å². The second-order valence-corrected chi connectivity index (χ2v) is 9.90. The summed E-state index contributed by atoms with van der Waals surface area (Å²) in [5.74, 6) is -0.784. The number of benzene rings is 4. The zero-order valence-corrected chi connectivity index (χ0v) is 19.9. The molecule has 0 radical (unpaired) electrons. The molecule has 4 heteroatoms. The Morgan fingerprint density at radius 2 is 0.722 bits per heavy atom. The van der Waals surface area contributed by atoms with Gasteiger partial charge in [-0.3, -0.25) is 20.4 Å². The third-order valence-electron chi connectivity index (χ3n) is 8.02.